The predicted octanol–water partition coefficient (Wildman–Crippen LogP) is 0.374. The third-order valence-electron chi connectivity index (χ3n) is 3.37. The second-order valence-electron chi connectivity index (χ2n) is 4.82. The zero-order valence-corrected chi connectivity index (χ0v) is 11.7. The molecular formula is C12H18N2O4S. The molecule has 2 aliphatic rings. The van der Waals surface area contributed by atoms with Gasteiger partial charge in [0.15, 0.2) is 0 Å². The Morgan fingerprint density at radius 3 is 2.58 bits per heavy atom. The molecule has 0 aromatic heterocycles. The number of amides is 2. The third kappa shape index (κ3) is 3.20. The van der Waals surface area contributed by atoms with Crippen molar-refractivity contribution in [3.8, 4) is 0 Å². The first-order chi connectivity index (χ1) is 9.04. The fraction of sp³-hybridized carbons (Fsp3) is 0.750. The van der Waals surface area contributed by atoms with Gasteiger partial charge in [-0.2, -0.15) is 0 Å². The molecule has 2 rings (SSSR count). The molecular weight excluding hydrogens is 268 g/mol. The van der Waals surface area contributed by atoms with Gasteiger partial charge in [0.1, 0.15) is 12.6 Å². The molecule has 106 valence electrons. The maximum Gasteiger partial charge on any atom is 0.323 e. The molecule has 0 bridgehead atoms. The number of hydrogen-bond acceptors (Lipinski definition) is 4. The fourth-order valence-corrected chi connectivity index (χ4v) is 3.38. The highest BCUT2D eigenvalue weighted by Crippen LogP contribution is 2.30. The lowest BCUT2D eigenvalue weighted by atomic mass is 10.2. The Labute approximate surface area is 116 Å². The van der Waals surface area contributed by atoms with E-state index in [0.29, 0.717) is 18.1 Å². The number of rotatable bonds is 5. The van der Waals surface area contributed by atoms with Gasteiger partial charge in [0.05, 0.1) is 5.88 Å². The highest BCUT2D eigenvalue weighted by Gasteiger charge is 2.41. The van der Waals surface area contributed by atoms with Gasteiger partial charge in [-0.15, -0.1) is 11.8 Å². The van der Waals surface area contributed by atoms with Crippen molar-refractivity contribution < 1.29 is 19.5 Å². The van der Waals surface area contributed by atoms with Crippen molar-refractivity contribution in [2.24, 2.45) is 0 Å². The molecule has 1 aliphatic carbocycles. The van der Waals surface area contributed by atoms with Crippen molar-refractivity contribution in [3.63, 3.8) is 0 Å². The molecule has 1 N–H and O–H groups in total. The van der Waals surface area contributed by atoms with Gasteiger partial charge >= 0.3 is 5.97 Å². The molecule has 1 saturated carbocycles. The minimum atomic E-state index is -1.00. The number of carbonyl (C=O) groups is 3. The molecule has 1 atom stereocenters. The SMILES string of the molecule is CCC(=O)N1CSCC1C(=O)N(CC(=O)O)C1CC1. The molecule has 0 aromatic carbocycles. The average Bonchev–Trinajstić information content (AvgIpc) is 3.10. The second-order valence-corrected chi connectivity index (χ2v) is 5.82. The van der Waals surface area contributed by atoms with Gasteiger partial charge in [-0.25, -0.2) is 0 Å². The molecule has 19 heavy (non-hydrogen) atoms. The quantitative estimate of drug-likeness (QED) is 0.790. The summed E-state index contributed by atoms with van der Waals surface area (Å²) in [5.41, 5.74) is 0. The van der Waals surface area contributed by atoms with Crippen LogP contribution in [-0.4, -0.2) is 62.9 Å². The third-order valence-corrected chi connectivity index (χ3v) is 4.38. The van der Waals surface area contributed by atoms with E-state index in [1.807, 2.05) is 0 Å². The fourth-order valence-electron chi connectivity index (χ4n) is 2.21. The highest BCUT2D eigenvalue weighted by atomic mass is 32.2. The second kappa shape index (κ2) is 5.81. The van der Waals surface area contributed by atoms with Gasteiger partial charge in [0.25, 0.3) is 0 Å². The highest BCUT2D eigenvalue weighted by molar-refractivity contribution is 7.99. The summed E-state index contributed by atoms with van der Waals surface area (Å²) in [6.45, 7) is 1.50. The molecule has 2 fully saturated rings. The number of carboxylic acids is 1. The first-order valence-electron chi connectivity index (χ1n) is 6.44. The van der Waals surface area contributed by atoms with Crippen LogP contribution in [0.25, 0.3) is 0 Å². The van der Waals surface area contributed by atoms with Crippen LogP contribution in [0.2, 0.25) is 0 Å². The van der Waals surface area contributed by atoms with Crippen LogP contribution in [-0.2, 0) is 14.4 Å². The Hall–Kier alpha value is -1.24. The van der Waals surface area contributed by atoms with E-state index in [0.717, 1.165) is 12.8 Å². The molecule has 0 spiro atoms. The molecule has 0 aromatic rings. The van der Waals surface area contributed by atoms with E-state index in [1.54, 1.807) is 23.6 Å². The van der Waals surface area contributed by atoms with E-state index in [-0.39, 0.29) is 24.4 Å². The summed E-state index contributed by atoms with van der Waals surface area (Å²) < 4.78 is 0. The van der Waals surface area contributed by atoms with Gasteiger partial charge in [-0.1, -0.05) is 6.92 Å². The van der Waals surface area contributed by atoms with Crippen LogP contribution in [0.5, 0.6) is 0 Å². The van der Waals surface area contributed by atoms with Crippen molar-refractivity contribution in [3.05, 3.63) is 0 Å². The summed E-state index contributed by atoms with van der Waals surface area (Å²) >= 11 is 1.54. The monoisotopic (exact) mass is 286 g/mol. The topological polar surface area (TPSA) is 77.9 Å². The molecule has 2 amide bonds. The number of thioether (sulfide) groups is 1. The molecule has 1 aliphatic heterocycles. The van der Waals surface area contributed by atoms with Crippen molar-refractivity contribution >= 4 is 29.5 Å². The summed E-state index contributed by atoms with van der Waals surface area (Å²) in [5.74, 6) is -0.174. The number of aliphatic carboxylic acids is 1. The van der Waals surface area contributed by atoms with Gasteiger partial charge in [0, 0.05) is 18.2 Å². The average molecular weight is 286 g/mol. The standard InChI is InChI=1S/C12H18N2O4S/c1-2-10(15)14-7-19-6-9(14)12(18)13(5-11(16)17)8-3-4-8/h8-9H,2-7H2,1H3,(H,16,17). The summed E-state index contributed by atoms with van der Waals surface area (Å²) in [4.78, 5) is 38.1. The van der Waals surface area contributed by atoms with Gasteiger partial charge in [-0.3, -0.25) is 14.4 Å². The zero-order valence-electron chi connectivity index (χ0n) is 10.9. The Kier molecular flexibility index (Phi) is 4.34. The van der Waals surface area contributed by atoms with Crippen LogP contribution >= 0.6 is 11.8 Å². The van der Waals surface area contributed by atoms with E-state index in [2.05, 4.69) is 0 Å². The van der Waals surface area contributed by atoms with E-state index in [1.165, 1.54) is 4.90 Å². The lowest BCUT2D eigenvalue weighted by Gasteiger charge is -2.28. The lowest BCUT2D eigenvalue weighted by Crippen LogP contribution is -2.50. The van der Waals surface area contributed by atoms with Crippen LogP contribution in [0.3, 0.4) is 0 Å². The summed E-state index contributed by atoms with van der Waals surface area (Å²) in [6.07, 6.45) is 2.09. The van der Waals surface area contributed by atoms with Crippen molar-refractivity contribution in [2.45, 2.75) is 38.3 Å². The van der Waals surface area contributed by atoms with Crippen LogP contribution in [0.4, 0.5) is 0 Å². The smallest absolute Gasteiger partial charge is 0.323 e. The normalized spacial score (nSPS) is 22.4. The van der Waals surface area contributed by atoms with Crippen LogP contribution in [0, 0.1) is 0 Å². The zero-order chi connectivity index (χ0) is 14.0. The summed E-state index contributed by atoms with van der Waals surface area (Å²) in [5, 5.41) is 8.89. The summed E-state index contributed by atoms with van der Waals surface area (Å²) in [6, 6.07) is -0.440. The van der Waals surface area contributed by atoms with E-state index < -0.39 is 12.0 Å². The largest absolute Gasteiger partial charge is 0.480 e. The Morgan fingerprint density at radius 1 is 1.37 bits per heavy atom. The molecule has 7 heteroatoms. The first-order valence-corrected chi connectivity index (χ1v) is 7.59. The van der Waals surface area contributed by atoms with Gasteiger partial charge < -0.3 is 14.9 Å². The Morgan fingerprint density at radius 2 is 2.05 bits per heavy atom. The predicted molar refractivity (Wildman–Crippen MR) is 70.6 cm³/mol. The van der Waals surface area contributed by atoms with Crippen LogP contribution in [0.1, 0.15) is 26.2 Å². The molecule has 0 radical (unpaired) electrons. The molecule has 1 unspecified atom stereocenters. The minimum absolute atomic E-state index is 0.0468. The van der Waals surface area contributed by atoms with E-state index in [9.17, 15) is 14.4 Å². The maximum atomic E-state index is 12.4. The number of carboxylic acid groups (broad SMARTS) is 1. The van der Waals surface area contributed by atoms with Gasteiger partial charge in [0.2, 0.25) is 11.8 Å². The van der Waals surface area contributed by atoms with Crippen LogP contribution < -0.4 is 0 Å². The lowest BCUT2D eigenvalue weighted by molar-refractivity contribution is -0.149. The molecule has 1 heterocycles. The van der Waals surface area contributed by atoms with E-state index in [4.69, 9.17) is 5.11 Å². The number of hydrogen-bond donors (Lipinski definition) is 1. The van der Waals surface area contributed by atoms with Crippen molar-refractivity contribution in [1.82, 2.24) is 9.80 Å². The number of carbonyl (C=O) groups excluding carboxylic acids is 2. The maximum absolute atomic E-state index is 12.4. The van der Waals surface area contributed by atoms with Gasteiger partial charge in [-0.05, 0) is 12.8 Å². The molecule has 1 saturated heterocycles. The Balaban J connectivity index is 2.07. The summed E-state index contributed by atoms with van der Waals surface area (Å²) in [7, 11) is 0. The first kappa shape index (κ1) is 14.2. The Bertz CT molecular complexity index is 397. The van der Waals surface area contributed by atoms with Crippen molar-refractivity contribution in [1.29, 1.82) is 0 Å². The minimum Gasteiger partial charge on any atom is -0.480 e. The van der Waals surface area contributed by atoms with Crippen molar-refractivity contribution in [2.75, 3.05) is 18.2 Å². The van der Waals surface area contributed by atoms with E-state index >= 15 is 0 Å². The van der Waals surface area contributed by atoms with Crippen LogP contribution in [0.15, 0.2) is 0 Å². The molecule has 6 nitrogen and oxygen atoms in total. The number of nitrogens with zero attached hydrogens (tertiary/aromatic N) is 2.